The Kier molecular flexibility index (Phi) is 1.74. The highest BCUT2D eigenvalue weighted by Gasteiger charge is 2.57. The molecule has 0 aliphatic heterocycles. The lowest BCUT2D eigenvalue weighted by atomic mass is 9.88. The molecule has 2 aromatic rings. The van der Waals surface area contributed by atoms with Crippen LogP contribution in [0.2, 0.25) is 0 Å². The van der Waals surface area contributed by atoms with Crippen molar-refractivity contribution in [1.29, 1.82) is 0 Å². The van der Waals surface area contributed by atoms with Crippen molar-refractivity contribution in [3.05, 3.63) is 42.1 Å². The summed E-state index contributed by atoms with van der Waals surface area (Å²) < 4.78 is 0. The van der Waals surface area contributed by atoms with Gasteiger partial charge in [0.15, 0.2) is 0 Å². The van der Waals surface area contributed by atoms with Crippen LogP contribution in [0.4, 0.5) is 0 Å². The van der Waals surface area contributed by atoms with Crippen LogP contribution in [0, 0.1) is 11.8 Å². The predicted molar refractivity (Wildman–Crippen MR) is 66.5 cm³/mol. The molecule has 1 heterocycles. The zero-order valence-electron chi connectivity index (χ0n) is 9.63. The number of pyridine rings is 1. The molecule has 0 spiro atoms. The second-order valence-corrected chi connectivity index (χ2v) is 5.48. The molecule has 1 aromatic carbocycles. The van der Waals surface area contributed by atoms with Crippen LogP contribution in [-0.4, -0.2) is 10.1 Å². The molecular formula is C15H15NO. The monoisotopic (exact) mass is 225 g/mol. The molecule has 0 amide bonds. The van der Waals surface area contributed by atoms with Crippen LogP contribution in [0.25, 0.3) is 10.9 Å². The molecule has 2 nitrogen and oxygen atoms in total. The van der Waals surface area contributed by atoms with Crippen molar-refractivity contribution >= 4 is 10.9 Å². The van der Waals surface area contributed by atoms with Gasteiger partial charge in [-0.2, -0.15) is 0 Å². The van der Waals surface area contributed by atoms with Gasteiger partial charge >= 0.3 is 0 Å². The Morgan fingerprint density at radius 2 is 2.24 bits per heavy atom. The Morgan fingerprint density at radius 1 is 1.29 bits per heavy atom. The Morgan fingerprint density at radius 3 is 3.00 bits per heavy atom. The van der Waals surface area contributed by atoms with Gasteiger partial charge in [-0.25, -0.2) is 0 Å². The second kappa shape index (κ2) is 3.08. The first-order chi connectivity index (χ1) is 8.27. The molecule has 3 unspecified atom stereocenters. The van der Waals surface area contributed by atoms with Crippen molar-refractivity contribution < 1.29 is 5.11 Å². The molecule has 1 N–H and O–H groups in total. The van der Waals surface area contributed by atoms with E-state index >= 15 is 0 Å². The van der Waals surface area contributed by atoms with E-state index in [1.807, 2.05) is 18.3 Å². The first-order valence-corrected chi connectivity index (χ1v) is 6.35. The zero-order valence-corrected chi connectivity index (χ0v) is 9.63. The summed E-state index contributed by atoms with van der Waals surface area (Å²) in [5, 5.41) is 11.9. The first-order valence-electron chi connectivity index (χ1n) is 6.35. The Hall–Kier alpha value is -1.41. The third-order valence-corrected chi connectivity index (χ3v) is 4.54. The Bertz CT molecular complexity index is 594. The number of nitrogens with zero attached hydrogens (tertiary/aromatic N) is 1. The molecule has 2 heteroatoms. The maximum absolute atomic E-state index is 10.8. The number of aromatic nitrogens is 1. The van der Waals surface area contributed by atoms with E-state index in [9.17, 15) is 5.11 Å². The van der Waals surface area contributed by atoms with E-state index in [0.29, 0.717) is 5.92 Å². The maximum Gasteiger partial charge on any atom is 0.0927 e. The molecule has 2 aliphatic rings. The number of hydrogen-bond acceptors (Lipinski definition) is 2. The van der Waals surface area contributed by atoms with E-state index in [1.54, 1.807) is 0 Å². The van der Waals surface area contributed by atoms with Crippen molar-refractivity contribution in [2.75, 3.05) is 0 Å². The Labute approximate surface area is 100 Å². The highest BCUT2D eigenvalue weighted by Crippen LogP contribution is 2.61. The summed E-state index contributed by atoms with van der Waals surface area (Å²) in [5.74, 6) is 1.29. The summed E-state index contributed by atoms with van der Waals surface area (Å²) in [4.78, 5) is 4.32. The van der Waals surface area contributed by atoms with Gasteiger partial charge in [-0.05, 0) is 54.9 Å². The number of benzene rings is 1. The average molecular weight is 225 g/mol. The van der Waals surface area contributed by atoms with Gasteiger partial charge in [0, 0.05) is 11.6 Å². The summed E-state index contributed by atoms with van der Waals surface area (Å²) in [5.41, 5.74) is 1.53. The summed E-state index contributed by atoms with van der Waals surface area (Å²) in [6.07, 6.45) is 5.13. The third kappa shape index (κ3) is 1.27. The van der Waals surface area contributed by atoms with Crippen molar-refractivity contribution in [3.8, 4) is 0 Å². The van der Waals surface area contributed by atoms with Crippen LogP contribution < -0.4 is 0 Å². The fraction of sp³-hybridized carbons (Fsp3) is 0.400. The van der Waals surface area contributed by atoms with E-state index in [-0.39, 0.29) is 0 Å². The quantitative estimate of drug-likeness (QED) is 0.809. The van der Waals surface area contributed by atoms with E-state index in [1.165, 1.54) is 12.8 Å². The summed E-state index contributed by atoms with van der Waals surface area (Å²) >= 11 is 0. The zero-order chi connectivity index (χ0) is 11.5. The lowest BCUT2D eigenvalue weighted by Crippen LogP contribution is -2.25. The average Bonchev–Trinajstić information content (AvgIpc) is 3.09. The van der Waals surface area contributed by atoms with E-state index in [0.717, 1.165) is 28.8 Å². The van der Waals surface area contributed by atoms with E-state index < -0.39 is 5.60 Å². The smallest absolute Gasteiger partial charge is 0.0927 e. The second-order valence-electron chi connectivity index (χ2n) is 5.48. The molecule has 2 aliphatic carbocycles. The summed E-state index contributed by atoms with van der Waals surface area (Å²) in [6, 6.07) is 10.2. The summed E-state index contributed by atoms with van der Waals surface area (Å²) in [6.45, 7) is 0. The van der Waals surface area contributed by atoms with Gasteiger partial charge in [0.2, 0.25) is 0 Å². The number of rotatable bonds is 1. The van der Waals surface area contributed by atoms with Gasteiger partial charge in [0.25, 0.3) is 0 Å². The minimum Gasteiger partial charge on any atom is -0.385 e. The van der Waals surface area contributed by atoms with Gasteiger partial charge < -0.3 is 5.11 Å². The van der Waals surface area contributed by atoms with Gasteiger partial charge in [0.1, 0.15) is 0 Å². The Balaban J connectivity index is 1.86. The standard InChI is InChI=1S/C15H15NO/c17-15(6-5-10-9-13(10)15)12-3-4-14-11(8-12)2-1-7-16-14/h1-4,7-8,10,13,17H,5-6,9H2. The first kappa shape index (κ1) is 9.60. The lowest BCUT2D eigenvalue weighted by molar-refractivity contribution is 0.0209. The van der Waals surface area contributed by atoms with Crippen LogP contribution in [-0.2, 0) is 5.60 Å². The van der Waals surface area contributed by atoms with E-state index in [4.69, 9.17) is 0 Å². The third-order valence-electron chi connectivity index (χ3n) is 4.54. The van der Waals surface area contributed by atoms with Gasteiger partial charge in [-0.1, -0.05) is 12.1 Å². The topological polar surface area (TPSA) is 33.1 Å². The molecule has 0 radical (unpaired) electrons. The highest BCUT2D eigenvalue weighted by molar-refractivity contribution is 5.79. The number of hydrogen-bond donors (Lipinski definition) is 1. The number of aliphatic hydroxyl groups is 1. The fourth-order valence-corrected chi connectivity index (χ4v) is 3.45. The molecular weight excluding hydrogens is 210 g/mol. The van der Waals surface area contributed by atoms with Crippen LogP contribution in [0.3, 0.4) is 0 Å². The molecule has 0 saturated heterocycles. The van der Waals surface area contributed by atoms with Gasteiger partial charge in [0.05, 0.1) is 11.1 Å². The normalized spacial score (nSPS) is 34.9. The SMILES string of the molecule is OC1(c2ccc3ncccc3c2)CCC2CC21. The largest absolute Gasteiger partial charge is 0.385 e. The summed E-state index contributed by atoms with van der Waals surface area (Å²) in [7, 11) is 0. The minimum atomic E-state index is -0.561. The molecule has 0 bridgehead atoms. The van der Waals surface area contributed by atoms with E-state index in [2.05, 4.69) is 23.2 Å². The van der Waals surface area contributed by atoms with Crippen molar-refractivity contribution in [1.82, 2.24) is 4.98 Å². The molecule has 4 rings (SSSR count). The minimum absolute atomic E-state index is 0.511. The highest BCUT2D eigenvalue weighted by atomic mass is 16.3. The van der Waals surface area contributed by atoms with Gasteiger partial charge in [-0.3, -0.25) is 4.98 Å². The maximum atomic E-state index is 10.8. The molecule has 17 heavy (non-hydrogen) atoms. The van der Waals surface area contributed by atoms with Gasteiger partial charge in [-0.15, -0.1) is 0 Å². The molecule has 2 fully saturated rings. The van der Waals surface area contributed by atoms with Crippen LogP contribution >= 0.6 is 0 Å². The van der Waals surface area contributed by atoms with Crippen molar-refractivity contribution in [2.45, 2.75) is 24.9 Å². The van der Waals surface area contributed by atoms with Crippen LogP contribution in [0.5, 0.6) is 0 Å². The lowest BCUT2D eigenvalue weighted by Gasteiger charge is -2.25. The van der Waals surface area contributed by atoms with Crippen molar-refractivity contribution in [3.63, 3.8) is 0 Å². The fourth-order valence-electron chi connectivity index (χ4n) is 3.45. The molecule has 86 valence electrons. The van der Waals surface area contributed by atoms with Crippen LogP contribution in [0.1, 0.15) is 24.8 Å². The molecule has 2 saturated carbocycles. The molecule has 1 aromatic heterocycles. The predicted octanol–water partition coefficient (Wildman–Crippen LogP) is 2.85. The number of fused-ring (bicyclic) bond motifs is 2. The molecule has 3 atom stereocenters. The van der Waals surface area contributed by atoms with Crippen LogP contribution in [0.15, 0.2) is 36.5 Å². The van der Waals surface area contributed by atoms with Crippen molar-refractivity contribution in [2.24, 2.45) is 11.8 Å².